The van der Waals surface area contributed by atoms with Crippen molar-refractivity contribution in [3.05, 3.63) is 23.2 Å². The Kier molecular flexibility index (Phi) is 6.55. The lowest BCUT2D eigenvalue weighted by Crippen LogP contribution is -1.93. The van der Waals surface area contributed by atoms with Gasteiger partial charge in [0.05, 0.1) is 0 Å². The summed E-state index contributed by atoms with van der Waals surface area (Å²) in [4.78, 5) is 10.3. The Morgan fingerprint density at radius 2 is 1.94 bits per heavy atom. The zero-order valence-corrected chi connectivity index (χ0v) is 11.5. The fourth-order valence-corrected chi connectivity index (χ4v) is 2.12. The van der Waals surface area contributed by atoms with E-state index < -0.39 is 5.97 Å². The molecule has 0 aliphatic heterocycles. The number of unbranched alkanes of at least 4 members (excludes halogenated alkanes) is 3. The van der Waals surface area contributed by atoms with Crippen LogP contribution in [0.25, 0.3) is 0 Å². The second-order valence-corrected chi connectivity index (χ2v) is 4.88. The highest BCUT2D eigenvalue weighted by atomic mass is 16.4. The second-order valence-electron chi connectivity index (χ2n) is 4.88. The number of furan rings is 1. The van der Waals surface area contributed by atoms with E-state index in [0.717, 1.165) is 56.5 Å². The van der Waals surface area contributed by atoms with E-state index in [9.17, 15) is 4.79 Å². The standard InChI is InChI=1S/C15H24O3/c1-3-8-14-12(2)11-13(18-14)9-6-4-5-7-10-15(16)17/h11H,3-10H2,1-2H3,(H,16,17). The zero-order valence-electron chi connectivity index (χ0n) is 11.5. The summed E-state index contributed by atoms with van der Waals surface area (Å²) in [5.41, 5.74) is 1.26. The van der Waals surface area contributed by atoms with Crippen molar-refractivity contribution < 1.29 is 14.3 Å². The summed E-state index contributed by atoms with van der Waals surface area (Å²) in [7, 11) is 0. The van der Waals surface area contributed by atoms with Gasteiger partial charge < -0.3 is 9.52 Å². The first kappa shape index (κ1) is 14.8. The van der Waals surface area contributed by atoms with Crippen LogP contribution in [0.5, 0.6) is 0 Å². The fourth-order valence-electron chi connectivity index (χ4n) is 2.12. The van der Waals surface area contributed by atoms with Gasteiger partial charge in [-0.15, -0.1) is 0 Å². The molecular weight excluding hydrogens is 228 g/mol. The maximum Gasteiger partial charge on any atom is 0.303 e. The molecule has 3 heteroatoms. The van der Waals surface area contributed by atoms with Crippen LogP contribution in [0.2, 0.25) is 0 Å². The van der Waals surface area contributed by atoms with Crippen molar-refractivity contribution in [2.45, 2.75) is 65.2 Å². The number of carbonyl (C=O) groups is 1. The van der Waals surface area contributed by atoms with Crippen molar-refractivity contribution in [1.29, 1.82) is 0 Å². The van der Waals surface area contributed by atoms with Crippen molar-refractivity contribution in [3.8, 4) is 0 Å². The number of carboxylic acid groups (broad SMARTS) is 1. The van der Waals surface area contributed by atoms with Crippen molar-refractivity contribution in [2.24, 2.45) is 0 Å². The van der Waals surface area contributed by atoms with Gasteiger partial charge in [-0.1, -0.05) is 19.8 Å². The molecule has 0 fully saturated rings. The van der Waals surface area contributed by atoms with E-state index in [4.69, 9.17) is 9.52 Å². The second kappa shape index (κ2) is 7.96. The molecule has 0 unspecified atom stereocenters. The van der Waals surface area contributed by atoms with Crippen LogP contribution >= 0.6 is 0 Å². The minimum atomic E-state index is -0.694. The molecule has 1 aromatic rings. The van der Waals surface area contributed by atoms with Gasteiger partial charge in [0.15, 0.2) is 0 Å². The van der Waals surface area contributed by atoms with Gasteiger partial charge in [0.1, 0.15) is 11.5 Å². The lowest BCUT2D eigenvalue weighted by atomic mass is 10.1. The molecule has 0 aliphatic rings. The molecule has 1 N–H and O–H groups in total. The first-order valence-corrected chi connectivity index (χ1v) is 6.93. The Morgan fingerprint density at radius 3 is 2.61 bits per heavy atom. The molecule has 0 aromatic carbocycles. The average molecular weight is 252 g/mol. The molecular formula is C15H24O3. The molecule has 0 aliphatic carbocycles. The van der Waals surface area contributed by atoms with E-state index in [1.807, 2.05) is 0 Å². The van der Waals surface area contributed by atoms with Crippen LogP contribution in [0.1, 0.15) is 62.5 Å². The van der Waals surface area contributed by atoms with Gasteiger partial charge in [0.25, 0.3) is 0 Å². The maximum absolute atomic E-state index is 10.3. The molecule has 0 bridgehead atoms. The van der Waals surface area contributed by atoms with E-state index in [0.29, 0.717) is 6.42 Å². The summed E-state index contributed by atoms with van der Waals surface area (Å²) in [6.07, 6.45) is 7.33. The summed E-state index contributed by atoms with van der Waals surface area (Å²) in [6, 6.07) is 2.14. The molecule has 0 spiro atoms. The molecule has 0 saturated carbocycles. The SMILES string of the molecule is CCCc1oc(CCCCCCC(=O)O)cc1C. The average Bonchev–Trinajstić information content (AvgIpc) is 2.65. The number of hydrogen-bond donors (Lipinski definition) is 1. The third-order valence-corrected chi connectivity index (χ3v) is 3.11. The highest BCUT2D eigenvalue weighted by Gasteiger charge is 2.06. The largest absolute Gasteiger partial charge is 0.481 e. The van der Waals surface area contributed by atoms with Crippen molar-refractivity contribution >= 4 is 5.97 Å². The van der Waals surface area contributed by atoms with Gasteiger partial charge in [-0.05, 0) is 37.8 Å². The molecule has 1 rings (SSSR count). The fraction of sp³-hybridized carbons (Fsp3) is 0.667. The van der Waals surface area contributed by atoms with Gasteiger partial charge in [-0.25, -0.2) is 0 Å². The first-order chi connectivity index (χ1) is 8.63. The van der Waals surface area contributed by atoms with Crippen LogP contribution in [-0.4, -0.2) is 11.1 Å². The Balaban J connectivity index is 2.19. The van der Waals surface area contributed by atoms with Crippen LogP contribution < -0.4 is 0 Å². The van der Waals surface area contributed by atoms with Crippen molar-refractivity contribution in [2.75, 3.05) is 0 Å². The Bertz CT molecular complexity index is 366. The minimum absolute atomic E-state index is 0.292. The predicted octanol–water partition coefficient (Wildman–Crippen LogP) is 4.12. The summed E-state index contributed by atoms with van der Waals surface area (Å²) in [5.74, 6) is 1.51. The summed E-state index contributed by atoms with van der Waals surface area (Å²) < 4.78 is 5.81. The summed E-state index contributed by atoms with van der Waals surface area (Å²) >= 11 is 0. The first-order valence-electron chi connectivity index (χ1n) is 6.93. The molecule has 1 heterocycles. The van der Waals surface area contributed by atoms with Crippen molar-refractivity contribution in [3.63, 3.8) is 0 Å². The maximum atomic E-state index is 10.3. The highest BCUT2D eigenvalue weighted by molar-refractivity contribution is 5.66. The Morgan fingerprint density at radius 1 is 1.22 bits per heavy atom. The zero-order chi connectivity index (χ0) is 13.4. The highest BCUT2D eigenvalue weighted by Crippen LogP contribution is 2.18. The van der Waals surface area contributed by atoms with Gasteiger partial charge in [-0.2, -0.15) is 0 Å². The topological polar surface area (TPSA) is 50.4 Å². The Labute approximate surface area is 109 Å². The lowest BCUT2D eigenvalue weighted by molar-refractivity contribution is -0.137. The van der Waals surface area contributed by atoms with Crippen LogP contribution in [-0.2, 0) is 17.6 Å². The van der Waals surface area contributed by atoms with E-state index in [1.54, 1.807) is 0 Å². The number of rotatable bonds is 9. The van der Waals surface area contributed by atoms with Crippen molar-refractivity contribution in [1.82, 2.24) is 0 Å². The molecule has 0 radical (unpaired) electrons. The minimum Gasteiger partial charge on any atom is -0.481 e. The van der Waals surface area contributed by atoms with Crippen LogP contribution in [0.15, 0.2) is 10.5 Å². The predicted molar refractivity (Wildman–Crippen MR) is 71.9 cm³/mol. The summed E-state index contributed by atoms with van der Waals surface area (Å²) in [5, 5.41) is 8.52. The van der Waals surface area contributed by atoms with Gasteiger partial charge in [0, 0.05) is 19.3 Å². The number of hydrogen-bond acceptors (Lipinski definition) is 2. The van der Waals surface area contributed by atoms with Crippen LogP contribution in [0.3, 0.4) is 0 Å². The quantitative estimate of drug-likeness (QED) is 0.673. The third kappa shape index (κ3) is 5.39. The number of aliphatic carboxylic acids is 1. The third-order valence-electron chi connectivity index (χ3n) is 3.11. The smallest absolute Gasteiger partial charge is 0.303 e. The number of aryl methyl sites for hydroxylation is 3. The lowest BCUT2D eigenvalue weighted by Gasteiger charge is -1.98. The molecule has 102 valence electrons. The molecule has 0 amide bonds. The van der Waals surface area contributed by atoms with Crippen LogP contribution in [0, 0.1) is 6.92 Å². The molecule has 0 atom stereocenters. The van der Waals surface area contributed by atoms with Crippen LogP contribution in [0.4, 0.5) is 0 Å². The number of carboxylic acids is 1. The van der Waals surface area contributed by atoms with E-state index in [1.165, 1.54) is 5.56 Å². The monoisotopic (exact) mass is 252 g/mol. The van der Waals surface area contributed by atoms with E-state index in [2.05, 4.69) is 19.9 Å². The van der Waals surface area contributed by atoms with Gasteiger partial charge in [0.2, 0.25) is 0 Å². The normalized spacial score (nSPS) is 10.8. The molecule has 1 aromatic heterocycles. The van der Waals surface area contributed by atoms with Gasteiger partial charge in [-0.3, -0.25) is 4.79 Å². The molecule has 18 heavy (non-hydrogen) atoms. The van der Waals surface area contributed by atoms with E-state index in [-0.39, 0.29) is 0 Å². The van der Waals surface area contributed by atoms with Gasteiger partial charge >= 0.3 is 5.97 Å². The molecule has 0 saturated heterocycles. The molecule has 3 nitrogen and oxygen atoms in total. The summed E-state index contributed by atoms with van der Waals surface area (Å²) in [6.45, 7) is 4.26. The van der Waals surface area contributed by atoms with E-state index >= 15 is 0 Å². The Hall–Kier alpha value is -1.25.